The molecule has 1 amide bonds. The number of rotatable bonds is 5. The fourth-order valence-electron chi connectivity index (χ4n) is 4.80. The number of amides is 1. The third-order valence-electron chi connectivity index (χ3n) is 6.63. The number of carbonyl (C=O) groups is 1. The summed E-state index contributed by atoms with van der Waals surface area (Å²) in [5.74, 6) is 1.07. The molecule has 0 N–H and O–H groups in total. The highest BCUT2D eigenvalue weighted by Gasteiger charge is 2.30. The van der Waals surface area contributed by atoms with E-state index >= 15 is 0 Å². The Hall–Kier alpha value is -2.70. The lowest BCUT2D eigenvalue weighted by atomic mass is 9.98. The third-order valence-corrected chi connectivity index (χ3v) is 7.55. The molecule has 0 unspecified atom stereocenters. The Morgan fingerprint density at radius 1 is 0.906 bits per heavy atom. The Morgan fingerprint density at radius 3 is 2.28 bits per heavy atom. The lowest BCUT2D eigenvalue weighted by Gasteiger charge is -2.41. The molecule has 166 valence electrons. The van der Waals surface area contributed by atoms with E-state index in [2.05, 4.69) is 39.5 Å². The average Bonchev–Trinajstić information content (AvgIpc) is 3.40. The summed E-state index contributed by atoms with van der Waals surface area (Å²) in [6.07, 6.45) is 8.04. The number of carbonyl (C=O) groups excluding carboxylic acids is 1. The van der Waals surface area contributed by atoms with E-state index in [1.54, 1.807) is 23.7 Å². The van der Waals surface area contributed by atoms with Crippen LogP contribution in [0, 0.1) is 0 Å². The fourth-order valence-corrected chi connectivity index (χ4v) is 5.54. The molecule has 0 spiro atoms. The van der Waals surface area contributed by atoms with Gasteiger partial charge in [0.15, 0.2) is 0 Å². The Balaban J connectivity index is 1.09. The number of hydrogen-bond donors (Lipinski definition) is 0. The molecule has 2 fully saturated rings. The molecule has 3 aromatic rings. The van der Waals surface area contributed by atoms with Crippen LogP contribution in [0.5, 0.6) is 5.75 Å². The monoisotopic (exact) mass is 447 g/mol. The van der Waals surface area contributed by atoms with E-state index in [0.717, 1.165) is 63.2 Å². The topological polar surface area (TPSA) is 45.7 Å². The maximum Gasteiger partial charge on any atom is 0.253 e. The molecule has 6 heteroatoms. The van der Waals surface area contributed by atoms with E-state index in [4.69, 9.17) is 4.74 Å². The van der Waals surface area contributed by atoms with Crippen LogP contribution >= 0.6 is 11.3 Å². The van der Waals surface area contributed by atoms with Crippen molar-refractivity contribution in [1.82, 2.24) is 14.8 Å². The van der Waals surface area contributed by atoms with Crippen molar-refractivity contribution in [3.8, 4) is 16.2 Å². The third kappa shape index (κ3) is 4.87. The molecule has 1 aromatic carbocycles. The molecule has 4 heterocycles. The van der Waals surface area contributed by atoms with Crippen molar-refractivity contribution >= 4 is 17.2 Å². The predicted octanol–water partition coefficient (Wildman–Crippen LogP) is 4.96. The van der Waals surface area contributed by atoms with Crippen LogP contribution in [0.1, 0.15) is 36.0 Å². The first-order valence-corrected chi connectivity index (χ1v) is 12.4. The molecule has 2 saturated heterocycles. The molecule has 0 bridgehead atoms. The standard InChI is InChI=1S/C26H29N3O2S/c30-26(21-5-3-20(4-6-21)25-2-1-19-32-25)29-15-9-22(10-16-29)28-17-11-24(12-18-28)31-23-7-13-27-14-8-23/h1-8,13-14,19,22,24H,9-12,15-18H2. The van der Waals surface area contributed by atoms with Crippen LogP contribution in [-0.4, -0.2) is 59.0 Å². The summed E-state index contributed by atoms with van der Waals surface area (Å²) in [5, 5.41) is 2.08. The van der Waals surface area contributed by atoms with Crippen molar-refractivity contribution in [3.63, 3.8) is 0 Å². The number of nitrogens with zero attached hydrogens (tertiary/aromatic N) is 3. The summed E-state index contributed by atoms with van der Waals surface area (Å²) in [6.45, 7) is 3.81. The number of likely N-dealkylation sites (tertiary alicyclic amines) is 2. The molecule has 2 aliphatic heterocycles. The summed E-state index contributed by atoms with van der Waals surface area (Å²) in [7, 11) is 0. The van der Waals surface area contributed by atoms with E-state index in [0.29, 0.717) is 6.04 Å². The van der Waals surface area contributed by atoms with E-state index in [1.807, 2.05) is 29.2 Å². The second-order valence-corrected chi connectivity index (χ2v) is 9.56. The molecule has 0 radical (unpaired) electrons. The van der Waals surface area contributed by atoms with Crippen molar-refractivity contribution in [2.45, 2.75) is 37.8 Å². The highest BCUT2D eigenvalue weighted by atomic mass is 32.1. The van der Waals surface area contributed by atoms with Gasteiger partial charge in [0.25, 0.3) is 5.91 Å². The van der Waals surface area contributed by atoms with Crippen LogP contribution in [0.4, 0.5) is 0 Å². The molecular formula is C26H29N3O2S. The maximum absolute atomic E-state index is 13.0. The van der Waals surface area contributed by atoms with E-state index < -0.39 is 0 Å². The summed E-state index contributed by atoms with van der Waals surface area (Å²) >= 11 is 1.72. The summed E-state index contributed by atoms with van der Waals surface area (Å²) in [6, 6.07) is 16.6. The van der Waals surface area contributed by atoms with Gasteiger partial charge >= 0.3 is 0 Å². The van der Waals surface area contributed by atoms with Crippen LogP contribution < -0.4 is 4.74 Å². The van der Waals surface area contributed by atoms with Crippen LogP contribution in [-0.2, 0) is 0 Å². The Morgan fingerprint density at radius 2 is 1.62 bits per heavy atom. The van der Waals surface area contributed by atoms with Gasteiger partial charge in [-0.2, -0.15) is 0 Å². The molecular weight excluding hydrogens is 418 g/mol. The highest BCUT2D eigenvalue weighted by Crippen LogP contribution is 2.27. The van der Waals surface area contributed by atoms with Gasteiger partial charge in [-0.15, -0.1) is 11.3 Å². The lowest BCUT2D eigenvalue weighted by Crippen LogP contribution is -2.50. The van der Waals surface area contributed by atoms with Crippen molar-refractivity contribution < 1.29 is 9.53 Å². The van der Waals surface area contributed by atoms with Crippen LogP contribution in [0.2, 0.25) is 0 Å². The predicted molar refractivity (Wildman–Crippen MR) is 128 cm³/mol. The zero-order valence-electron chi connectivity index (χ0n) is 18.2. The number of pyridine rings is 1. The Kier molecular flexibility index (Phi) is 6.51. The number of ether oxygens (including phenoxy) is 1. The zero-order chi connectivity index (χ0) is 21.8. The Bertz CT molecular complexity index is 991. The number of benzene rings is 1. The molecule has 0 atom stereocenters. The molecule has 2 aliphatic rings. The van der Waals surface area contributed by atoms with E-state index in [9.17, 15) is 4.79 Å². The molecule has 32 heavy (non-hydrogen) atoms. The number of thiophene rings is 1. The van der Waals surface area contributed by atoms with Gasteiger partial charge in [-0.3, -0.25) is 14.7 Å². The number of hydrogen-bond acceptors (Lipinski definition) is 5. The number of piperidine rings is 2. The molecule has 0 saturated carbocycles. The van der Waals surface area contributed by atoms with Gasteiger partial charge in [0, 0.05) is 55.1 Å². The van der Waals surface area contributed by atoms with Crippen LogP contribution in [0.15, 0.2) is 66.3 Å². The SMILES string of the molecule is O=C(c1ccc(-c2cccs2)cc1)N1CCC(N2CCC(Oc3ccncc3)CC2)CC1. The first-order chi connectivity index (χ1) is 15.8. The average molecular weight is 448 g/mol. The molecule has 5 rings (SSSR count). The van der Waals surface area contributed by atoms with Gasteiger partial charge in [0.1, 0.15) is 11.9 Å². The minimum absolute atomic E-state index is 0.158. The van der Waals surface area contributed by atoms with Crippen molar-refractivity contribution in [3.05, 3.63) is 71.9 Å². The largest absolute Gasteiger partial charge is 0.490 e. The minimum atomic E-state index is 0.158. The quantitative estimate of drug-likeness (QED) is 0.555. The first-order valence-electron chi connectivity index (χ1n) is 11.5. The van der Waals surface area contributed by atoms with Crippen LogP contribution in [0.25, 0.3) is 10.4 Å². The fraction of sp³-hybridized carbons (Fsp3) is 0.385. The molecule has 5 nitrogen and oxygen atoms in total. The molecule has 2 aromatic heterocycles. The summed E-state index contributed by atoms with van der Waals surface area (Å²) < 4.78 is 6.10. The van der Waals surface area contributed by atoms with Gasteiger partial charge in [-0.1, -0.05) is 18.2 Å². The first kappa shape index (κ1) is 21.2. The number of aromatic nitrogens is 1. The maximum atomic E-state index is 13.0. The summed E-state index contributed by atoms with van der Waals surface area (Å²) in [4.78, 5) is 22.9. The lowest BCUT2D eigenvalue weighted by molar-refractivity contribution is 0.0425. The van der Waals surface area contributed by atoms with Gasteiger partial charge < -0.3 is 9.64 Å². The van der Waals surface area contributed by atoms with Crippen LogP contribution in [0.3, 0.4) is 0 Å². The van der Waals surface area contributed by atoms with Crippen molar-refractivity contribution in [2.24, 2.45) is 0 Å². The van der Waals surface area contributed by atoms with Crippen molar-refractivity contribution in [1.29, 1.82) is 0 Å². The highest BCUT2D eigenvalue weighted by molar-refractivity contribution is 7.13. The summed E-state index contributed by atoms with van der Waals surface area (Å²) in [5.41, 5.74) is 1.96. The smallest absolute Gasteiger partial charge is 0.253 e. The zero-order valence-corrected chi connectivity index (χ0v) is 19.0. The second-order valence-electron chi connectivity index (χ2n) is 8.61. The second kappa shape index (κ2) is 9.84. The van der Waals surface area contributed by atoms with Gasteiger partial charge in [-0.05, 0) is 67.0 Å². The van der Waals surface area contributed by atoms with E-state index in [1.165, 1.54) is 10.4 Å². The van der Waals surface area contributed by atoms with Crippen molar-refractivity contribution in [2.75, 3.05) is 26.2 Å². The Labute approximate surface area is 193 Å². The van der Waals surface area contributed by atoms with E-state index in [-0.39, 0.29) is 12.0 Å². The molecule has 0 aliphatic carbocycles. The van der Waals surface area contributed by atoms with Gasteiger partial charge in [0.05, 0.1) is 0 Å². The normalized spacial score (nSPS) is 18.6. The van der Waals surface area contributed by atoms with Gasteiger partial charge in [-0.25, -0.2) is 0 Å². The minimum Gasteiger partial charge on any atom is -0.490 e. The van der Waals surface area contributed by atoms with Gasteiger partial charge in [0.2, 0.25) is 0 Å².